The number of hydrogen-bond donors (Lipinski definition) is 3. The number of nitrogens with zero attached hydrogens (tertiary/aromatic N) is 2. The second-order valence-corrected chi connectivity index (χ2v) is 5.41. The summed E-state index contributed by atoms with van der Waals surface area (Å²) >= 11 is 12.2. The molecule has 5 nitrogen and oxygen atoms in total. The molecule has 2 unspecified atom stereocenters. The van der Waals surface area contributed by atoms with E-state index in [0.717, 1.165) is 13.0 Å². The van der Waals surface area contributed by atoms with Crippen LogP contribution in [0.4, 0.5) is 11.6 Å². The van der Waals surface area contributed by atoms with Crippen molar-refractivity contribution in [2.45, 2.75) is 25.6 Å². The van der Waals surface area contributed by atoms with Gasteiger partial charge in [0.15, 0.2) is 0 Å². The Bertz CT molecular complexity index is 449. The minimum Gasteiger partial charge on any atom is -0.389 e. The summed E-state index contributed by atoms with van der Waals surface area (Å²) in [6, 6.07) is 1.63. The Hall–Kier alpha value is -0.750. The molecule has 0 amide bonds. The Morgan fingerprint density at radius 2 is 1.95 bits per heavy atom. The summed E-state index contributed by atoms with van der Waals surface area (Å²) in [5.74, 6) is 1.10. The van der Waals surface area contributed by atoms with Gasteiger partial charge in [0.1, 0.15) is 11.6 Å². The predicted molar refractivity (Wildman–Crippen MR) is 77.3 cm³/mol. The summed E-state index contributed by atoms with van der Waals surface area (Å²) in [7, 11) is 0. The van der Waals surface area contributed by atoms with Crippen molar-refractivity contribution in [1.29, 1.82) is 0 Å². The van der Waals surface area contributed by atoms with Gasteiger partial charge in [0.05, 0.1) is 22.3 Å². The minimum absolute atomic E-state index is 0.308. The molecular weight excluding hydrogens is 289 g/mol. The van der Waals surface area contributed by atoms with Gasteiger partial charge in [-0.15, -0.1) is 0 Å². The number of hydrogen-bond acceptors (Lipinski definition) is 5. The molecule has 0 spiro atoms. The second kappa shape index (κ2) is 6.13. The maximum absolute atomic E-state index is 9.58. The maximum atomic E-state index is 9.58. The highest BCUT2D eigenvalue weighted by molar-refractivity contribution is 6.37. The number of halogens is 2. The number of pyridine rings is 1. The molecule has 7 heteroatoms. The van der Waals surface area contributed by atoms with Crippen molar-refractivity contribution in [3.63, 3.8) is 0 Å². The monoisotopic (exact) mass is 305 g/mol. The van der Waals surface area contributed by atoms with Crippen LogP contribution in [-0.2, 0) is 0 Å². The van der Waals surface area contributed by atoms with Crippen LogP contribution in [0.2, 0.25) is 10.0 Å². The maximum Gasteiger partial charge on any atom is 0.150 e. The minimum atomic E-state index is -0.777. The van der Waals surface area contributed by atoms with E-state index in [4.69, 9.17) is 23.2 Å². The average molecular weight is 306 g/mol. The van der Waals surface area contributed by atoms with Crippen molar-refractivity contribution in [3.8, 4) is 0 Å². The van der Waals surface area contributed by atoms with Crippen LogP contribution in [0, 0.1) is 0 Å². The first-order chi connectivity index (χ1) is 9.02. The Morgan fingerprint density at radius 1 is 1.32 bits per heavy atom. The molecule has 106 valence electrons. The van der Waals surface area contributed by atoms with Gasteiger partial charge in [0.25, 0.3) is 0 Å². The number of aliphatic hydroxyl groups is 2. The SMILES string of the molecule is CCCNc1nc(N2CC(O)C(O)C2)c(Cl)cc1Cl. The number of β-amino-alcohol motifs (C(OH)–C–C–N with tert-alkyl or cyclic N) is 2. The summed E-state index contributed by atoms with van der Waals surface area (Å²) in [5, 5.41) is 23.2. The first-order valence-corrected chi connectivity index (χ1v) is 6.99. The van der Waals surface area contributed by atoms with E-state index in [0.29, 0.717) is 34.8 Å². The summed E-state index contributed by atoms with van der Waals surface area (Å²) < 4.78 is 0. The van der Waals surface area contributed by atoms with Crippen molar-refractivity contribution in [3.05, 3.63) is 16.1 Å². The number of aromatic nitrogens is 1. The van der Waals surface area contributed by atoms with Crippen LogP contribution < -0.4 is 10.2 Å². The van der Waals surface area contributed by atoms with Crippen LogP contribution in [0.1, 0.15) is 13.3 Å². The molecule has 1 aromatic heterocycles. The Labute approximate surface area is 122 Å². The molecule has 2 atom stereocenters. The van der Waals surface area contributed by atoms with E-state index in [9.17, 15) is 10.2 Å². The molecule has 1 aliphatic rings. The van der Waals surface area contributed by atoms with Gasteiger partial charge < -0.3 is 20.4 Å². The molecule has 19 heavy (non-hydrogen) atoms. The van der Waals surface area contributed by atoms with Gasteiger partial charge in [-0.05, 0) is 12.5 Å². The van der Waals surface area contributed by atoms with Gasteiger partial charge in [0.2, 0.25) is 0 Å². The lowest BCUT2D eigenvalue weighted by Gasteiger charge is -2.19. The van der Waals surface area contributed by atoms with Gasteiger partial charge in [-0.1, -0.05) is 30.1 Å². The highest BCUT2D eigenvalue weighted by Gasteiger charge is 2.31. The molecule has 0 saturated carbocycles. The normalized spacial score (nSPS) is 22.9. The summed E-state index contributed by atoms with van der Waals surface area (Å²) in [6.07, 6.45) is -0.599. The van der Waals surface area contributed by atoms with E-state index >= 15 is 0 Å². The van der Waals surface area contributed by atoms with Gasteiger partial charge in [0, 0.05) is 19.6 Å². The van der Waals surface area contributed by atoms with Crippen molar-refractivity contribution in [2.24, 2.45) is 0 Å². The van der Waals surface area contributed by atoms with Gasteiger partial charge in [-0.25, -0.2) is 4.98 Å². The Morgan fingerprint density at radius 3 is 2.53 bits per heavy atom. The Kier molecular flexibility index (Phi) is 4.73. The van der Waals surface area contributed by atoms with Crippen LogP contribution in [0.3, 0.4) is 0 Å². The van der Waals surface area contributed by atoms with E-state index in [-0.39, 0.29) is 0 Å². The zero-order valence-electron chi connectivity index (χ0n) is 10.6. The third kappa shape index (κ3) is 3.23. The Balaban J connectivity index is 2.25. The molecule has 2 rings (SSSR count). The molecular formula is C12H17Cl2N3O2. The average Bonchev–Trinajstić information content (AvgIpc) is 2.68. The molecule has 2 heterocycles. The fourth-order valence-corrected chi connectivity index (χ4v) is 2.53. The van der Waals surface area contributed by atoms with E-state index in [2.05, 4.69) is 10.3 Å². The molecule has 1 aromatic rings. The summed E-state index contributed by atoms with van der Waals surface area (Å²) in [6.45, 7) is 3.43. The third-order valence-electron chi connectivity index (χ3n) is 3.01. The standard InChI is InChI=1S/C12H17Cl2N3O2/c1-2-3-15-11-7(13)4-8(14)12(16-11)17-5-9(18)10(19)6-17/h4,9-10,18-19H,2-3,5-6H2,1H3,(H,15,16). The van der Waals surface area contributed by atoms with Crippen LogP contribution in [0.15, 0.2) is 6.07 Å². The van der Waals surface area contributed by atoms with E-state index in [1.165, 1.54) is 0 Å². The summed E-state index contributed by atoms with van der Waals surface area (Å²) in [4.78, 5) is 6.14. The second-order valence-electron chi connectivity index (χ2n) is 4.59. The van der Waals surface area contributed by atoms with Crippen molar-refractivity contribution < 1.29 is 10.2 Å². The van der Waals surface area contributed by atoms with Crippen molar-refractivity contribution in [1.82, 2.24) is 4.98 Å². The van der Waals surface area contributed by atoms with Gasteiger partial charge in [-0.3, -0.25) is 0 Å². The number of aliphatic hydroxyl groups excluding tert-OH is 2. The number of anilines is 2. The predicted octanol–water partition coefficient (Wildman–Crippen LogP) is 1.75. The topological polar surface area (TPSA) is 68.6 Å². The van der Waals surface area contributed by atoms with Crippen LogP contribution in [0.25, 0.3) is 0 Å². The van der Waals surface area contributed by atoms with E-state index < -0.39 is 12.2 Å². The van der Waals surface area contributed by atoms with E-state index in [1.54, 1.807) is 11.0 Å². The molecule has 0 aromatic carbocycles. The van der Waals surface area contributed by atoms with Crippen molar-refractivity contribution >= 4 is 34.8 Å². The third-order valence-corrected chi connectivity index (χ3v) is 3.58. The first-order valence-electron chi connectivity index (χ1n) is 6.24. The quantitative estimate of drug-likeness (QED) is 0.791. The first kappa shape index (κ1) is 14.7. The smallest absolute Gasteiger partial charge is 0.150 e. The lowest BCUT2D eigenvalue weighted by atomic mass is 10.3. The van der Waals surface area contributed by atoms with Crippen LogP contribution in [0.5, 0.6) is 0 Å². The molecule has 1 fully saturated rings. The van der Waals surface area contributed by atoms with E-state index in [1.807, 2.05) is 6.92 Å². The highest BCUT2D eigenvalue weighted by Crippen LogP contribution is 2.33. The van der Waals surface area contributed by atoms with Crippen LogP contribution in [-0.4, -0.2) is 47.0 Å². The number of nitrogens with one attached hydrogen (secondary N) is 1. The van der Waals surface area contributed by atoms with Crippen LogP contribution >= 0.6 is 23.2 Å². The molecule has 0 aliphatic carbocycles. The zero-order valence-corrected chi connectivity index (χ0v) is 12.1. The largest absolute Gasteiger partial charge is 0.389 e. The number of rotatable bonds is 4. The lowest BCUT2D eigenvalue weighted by molar-refractivity contribution is 0.0572. The lowest BCUT2D eigenvalue weighted by Crippen LogP contribution is -2.23. The summed E-state index contributed by atoms with van der Waals surface area (Å²) in [5.41, 5.74) is 0. The van der Waals surface area contributed by atoms with Gasteiger partial charge in [-0.2, -0.15) is 0 Å². The molecule has 0 radical (unpaired) electrons. The highest BCUT2D eigenvalue weighted by atomic mass is 35.5. The molecule has 0 bridgehead atoms. The molecule has 1 aliphatic heterocycles. The molecule has 1 saturated heterocycles. The fraction of sp³-hybridized carbons (Fsp3) is 0.583. The zero-order chi connectivity index (χ0) is 14.0. The fourth-order valence-electron chi connectivity index (χ4n) is 1.99. The molecule has 3 N–H and O–H groups in total. The van der Waals surface area contributed by atoms with Crippen molar-refractivity contribution in [2.75, 3.05) is 29.9 Å². The van der Waals surface area contributed by atoms with Gasteiger partial charge >= 0.3 is 0 Å².